The van der Waals surface area contributed by atoms with E-state index in [0.717, 1.165) is 36.5 Å². The van der Waals surface area contributed by atoms with Crippen molar-refractivity contribution in [1.82, 2.24) is 0 Å². The fourth-order valence-corrected chi connectivity index (χ4v) is 8.11. The van der Waals surface area contributed by atoms with E-state index in [1.165, 1.54) is 51.4 Å². The van der Waals surface area contributed by atoms with E-state index >= 15 is 0 Å². The van der Waals surface area contributed by atoms with Gasteiger partial charge in [-0.1, -0.05) is 77.7 Å². The van der Waals surface area contributed by atoms with E-state index in [9.17, 15) is 5.11 Å². The number of fused-ring (bicyclic) bond motifs is 5. The van der Waals surface area contributed by atoms with Crippen molar-refractivity contribution >= 4 is 0 Å². The van der Waals surface area contributed by atoms with Crippen LogP contribution in [0.2, 0.25) is 0 Å². The van der Waals surface area contributed by atoms with Crippen molar-refractivity contribution in [3.05, 3.63) is 23.3 Å². The zero-order chi connectivity index (χ0) is 21.0. The summed E-state index contributed by atoms with van der Waals surface area (Å²) < 4.78 is 0. The zero-order valence-corrected chi connectivity index (χ0v) is 20.1. The highest BCUT2D eigenvalue weighted by Crippen LogP contribution is 2.66. The molecule has 0 aromatic rings. The largest absolute Gasteiger partial charge is 0.393 e. The number of allylic oxidation sites excluding steroid dienone is 3. The van der Waals surface area contributed by atoms with Crippen LogP contribution >= 0.6 is 0 Å². The Labute approximate surface area is 180 Å². The standard InChI is InChI=1S/C28H46O/c1-19(8-7-15-26(2,3)4)23-11-12-24-22-10-9-20-18-21(29)13-16-27(20,5)25(22)14-17-28(23,24)6/h9-10,19,21,23-25,29H,7-8,11-18H2,1-6H3/t19?,21-,23+,24-,25+,27+,28+/m0/s1. The Bertz CT molecular complexity index is 679. The number of aliphatic hydroxyl groups is 1. The molecule has 4 aliphatic rings. The van der Waals surface area contributed by atoms with Crippen molar-refractivity contribution < 1.29 is 5.11 Å². The second-order valence-corrected chi connectivity index (χ2v) is 12.9. The van der Waals surface area contributed by atoms with Gasteiger partial charge in [-0.15, -0.1) is 0 Å². The van der Waals surface area contributed by atoms with Crippen LogP contribution < -0.4 is 0 Å². The van der Waals surface area contributed by atoms with Gasteiger partial charge in [-0.2, -0.15) is 0 Å². The minimum atomic E-state index is -0.108. The summed E-state index contributed by atoms with van der Waals surface area (Å²) in [5.74, 6) is 3.31. The van der Waals surface area contributed by atoms with Gasteiger partial charge in [0.15, 0.2) is 0 Å². The fraction of sp³-hybridized carbons (Fsp3) is 0.857. The number of rotatable bonds is 4. The molecule has 0 saturated heterocycles. The summed E-state index contributed by atoms with van der Waals surface area (Å²) in [5, 5.41) is 10.2. The molecule has 164 valence electrons. The van der Waals surface area contributed by atoms with Gasteiger partial charge in [0.25, 0.3) is 0 Å². The second-order valence-electron chi connectivity index (χ2n) is 12.9. The van der Waals surface area contributed by atoms with Gasteiger partial charge in [-0.25, -0.2) is 0 Å². The first-order chi connectivity index (χ1) is 13.5. The molecule has 0 amide bonds. The normalized spacial score (nSPS) is 43.0. The quantitative estimate of drug-likeness (QED) is 0.514. The molecule has 3 saturated carbocycles. The summed E-state index contributed by atoms with van der Waals surface area (Å²) in [5.41, 5.74) is 4.64. The van der Waals surface area contributed by atoms with E-state index < -0.39 is 0 Å². The smallest absolute Gasteiger partial charge is 0.0578 e. The molecule has 0 aromatic carbocycles. The first-order valence-corrected chi connectivity index (χ1v) is 12.6. The minimum Gasteiger partial charge on any atom is -0.393 e. The molecule has 1 heteroatoms. The molecule has 0 bridgehead atoms. The molecule has 0 spiro atoms. The Kier molecular flexibility index (Phi) is 5.63. The summed E-state index contributed by atoms with van der Waals surface area (Å²) in [6, 6.07) is 0. The Morgan fingerprint density at radius 2 is 1.79 bits per heavy atom. The molecule has 3 fully saturated rings. The summed E-state index contributed by atoms with van der Waals surface area (Å²) in [4.78, 5) is 0. The molecule has 1 nitrogen and oxygen atoms in total. The second kappa shape index (κ2) is 7.54. The molecule has 0 aromatic heterocycles. The summed E-state index contributed by atoms with van der Waals surface area (Å²) in [6.45, 7) is 14.9. The highest BCUT2D eigenvalue weighted by atomic mass is 16.3. The van der Waals surface area contributed by atoms with Crippen molar-refractivity contribution in [2.45, 2.75) is 112 Å². The minimum absolute atomic E-state index is 0.108. The number of aliphatic hydroxyl groups excluding tert-OH is 1. The average molecular weight is 399 g/mol. The van der Waals surface area contributed by atoms with E-state index in [1.807, 2.05) is 0 Å². The number of hydrogen-bond donors (Lipinski definition) is 1. The molecule has 4 rings (SSSR count). The van der Waals surface area contributed by atoms with Crippen LogP contribution in [0.15, 0.2) is 23.3 Å². The van der Waals surface area contributed by atoms with Gasteiger partial charge >= 0.3 is 0 Å². The number of hydrogen-bond acceptors (Lipinski definition) is 1. The Morgan fingerprint density at radius 1 is 1.03 bits per heavy atom. The first kappa shape index (κ1) is 21.7. The first-order valence-electron chi connectivity index (χ1n) is 12.6. The van der Waals surface area contributed by atoms with Gasteiger partial charge in [0.2, 0.25) is 0 Å². The van der Waals surface area contributed by atoms with Gasteiger partial charge in [-0.3, -0.25) is 0 Å². The van der Waals surface area contributed by atoms with Gasteiger partial charge < -0.3 is 5.11 Å². The Morgan fingerprint density at radius 3 is 2.52 bits per heavy atom. The molecule has 29 heavy (non-hydrogen) atoms. The van der Waals surface area contributed by atoms with E-state index in [-0.39, 0.29) is 6.10 Å². The highest BCUT2D eigenvalue weighted by Gasteiger charge is 2.56. The van der Waals surface area contributed by atoms with Crippen molar-refractivity contribution in [2.75, 3.05) is 0 Å². The summed E-state index contributed by atoms with van der Waals surface area (Å²) in [6.07, 6.45) is 17.7. The lowest BCUT2D eigenvalue weighted by atomic mass is 9.50. The monoisotopic (exact) mass is 398 g/mol. The van der Waals surface area contributed by atoms with Gasteiger partial charge in [-0.05, 0) is 91.3 Å². The third kappa shape index (κ3) is 3.79. The molecule has 0 radical (unpaired) electrons. The van der Waals surface area contributed by atoms with Gasteiger partial charge in [0, 0.05) is 0 Å². The Hall–Kier alpha value is -0.560. The molecule has 4 aliphatic carbocycles. The van der Waals surface area contributed by atoms with Crippen molar-refractivity contribution in [3.8, 4) is 0 Å². The molecule has 7 atom stereocenters. The van der Waals surface area contributed by atoms with E-state index in [2.05, 4.69) is 53.7 Å². The van der Waals surface area contributed by atoms with Crippen LogP contribution in [0.5, 0.6) is 0 Å². The molecular weight excluding hydrogens is 352 g/mol. The van der Waals surface area contributed by atoms with Crippen molar-refractivity contribution in [3.63, 3.8) is 0 Å². The van der Waals surface area contributed by atoms with E-state index in [1.54, 1.807) is 11.1 Å². The van der Waals surface area contributed by atoms with Crippen LogP contribution in [-0.4, -0.2) is 11.2 Å². The lowest BCUT2D eigenvalue weighted by molar-refractivity contribution is 0.0321. The maximum Gasteiger partial charge on any atom is 0.0578 e. The maximum atomic E-state index is 10.2. The molecule has 0 heterocycles. The summed E-state index contributed by atoms with van der Waals surface area (Å²) >= 11 is 0. The predicted molar refractivity (Wildman–Crippen MR) is 124 cm³/mol. The van der Waals surface area contributed by atoms with Crippen LogP contribution in [0.4, 0.5) is 0 Å². The van der Waals surface area contributed by atoms with Crippen LogP contribution in [0.1, 0.15) is 106 Å². The van der Waals surface area contributed by atoms with E-state index in [4.69, 9.17) is 0 Å². The summed E-state index contributed by atoms with van der Waals surface area (Å²) in [7, 11) is 0. The lowest BCUT2D eigenvalue weighted by Crippen LogP contribution is -2.46. The molecule has 1 unspecified atom stereocenters. The van der Waals surface area contributed by atoms with Gasteiger partial charge in [0.1, 0.15) is 0 Å². The average Bonchev–Trinajstić information content (AvgIpc) is 2.98. The van der Waals surface area contributed by atoms with Crippen LogP contribution in [0.3, 0.4) is 0 Å². The van der Waals surface area contributed by atoms with Gasteiger partial charge in [0.05, 0.1) is 6.10 Å². The Balaban J connectivity index is 1.51. The third-order valence-electron chi connectivity index (χ3n) is 9.89. The van der Waals surface area contributed by atoms with Crippen LogP contribution in [0.25, 0.3) is 0 Å². The molecule has 1 N–H and O–H groups in total. The SMILES string of the molecule is CC(CCCC(C)(C)C)[C@H]1CC[C@H]2C3=CC=C4C[C@@H](O)CC[C@@]4(C)[C@@H]3CC[C@]12C. The van der Waals surface area contributed by atoms with E-state index in [0.29, 0.717) is 16.2 Å². The third-order valence-corrected chi connectivity index (χ3v) is 9.89. The maximum absolute atomic E-state index is 10.2. The van der Waals surface area contributed by atoms with Crippen molar-refractivity contribution in [2.24, 2.45) is 39.9 Å². The topological polar surface area (TPSA) is 20.2 Å². The fourth-order valence-electron chi connectivity index (χ4n) is 8.11. The lowest BCUT2D eigenvalue weighted by Gasteiger charge is -2.55. The molecule has 0 aliphatic heterocycles. The zero-order valence-electron chi connectivity index (χ0n) is 20.1. The predicted octanol–water partition coefficient (Wildman–Crippen LogP) is 7.70. The van der Waals surface area contributed by atoms with Crippen LogP contribution in [0, 0.1) is 39.9 Å². The van der Waals surface area contributed by atoms with Crippen molar-refractivity contribution in [1.29, 1.82) is 0 Å². The molecular formula is C28H46O. The highest BCUT2D eigenvalue weighted by molar-refractivity contribution is 5.38. The van der Waals surface area contributed by atoms with Crippen LogP contribution in [-0.2, 0) is 0 Å².